The summed E-state index contributed by atoms with van der Waals surface area (Å²) in [6.45, 7) is 0.285. The molecule has 0 radical (unpaired) electrons. The molecule has 2 N–H and O–H groups in total. The average Bonchev–Trinajstić information content (AvgIpc) is 3.01. The Morgan fingerprint density at radius 3 is 2.68 bits per heavy atom. The van der Waals surface area contributed by atoms with Crippen LogP contribution in [-0.4, -0.2) is 47.3 Å². The first kappa shape index (κ1) is 15.6. The molecule has 0 saturated carbocycles. The van der Waals surface area contributed by atoms with Crippen LogP contribution in [0, 0.1) is 0 Å². The van der Waals surface area contributed by atoms with Gasteiger partial charge in [0.05, 0.1) is 11.4 Å². The number of carbonyl (C=O) groups is 2. The van der Waals surface area contributed by atoms with Gasteiger partial charge in [0.1, 0.15) is 0 Å². The molecule has 3 amide bonds. The summed E-state index contributed by atoms with van der Waals surface area (Å²) in [5, 5.41) is 9.58. The second kappa shape index (κ2) is 7.26. The van der Waals surface area contributed by atoms with Gasteiger partial charge in [0, 0.05) is 39.5 Å². The van der Waals surface area contributed by atoms with Crippen molar-refractivity contribution >= 4 is 17.6 Å². The molecular weight excluding hydrogens is 282 g/mol. The highest BCUT2D eigenvalue weighted by Gasteiger charge is 2.09. The fourth-order valence-corrected chi connectivity index (χ4v) is 1.86. The molecule has 0 spiro atoms. The Labute approximate surface area is 128 Å². The average molecular weight is 301 g/mol. The molecule has 0 saturated heterocycles. The number of hydrogen-bond donors (Lipinski definition) is 2. The van der Waals surface area contributed by atoms with Gasteiger partial charge in [-0.3, -0.25) is 4.79 Å². The quantitative estimate of drug-likeness (QED) is 0.877. The minimum absolute atomic E-state index is 0.0303. The number of anilines is 1. The number of carbonyl (C=O) groups excluding carboxylic acids is 2. The van der Waals surface area contributed by atoms with Gasteiger partial charge in [-0.15, -0.1) is 0 Å². The van der Waals surface area contributed by atoms with Gasteiger partial charge in [-0.25, -0.2) is 9.48 Å². The molecule has 0 atom stereocenters. The first-order valence-corrected chi connectivity index (χ1v) is 6.92. The van der Waals surface area contributed by atoms with Crippen LogP contribution in [0.4, 0.5) is 10.5 Å². The Hall–Kier alpha value is -2.83. The molecule has 7 nitrogen and oxygen atoms in total. The van der Waals surface area contributed by atoms with Crippen molar-refractivity contribution < 1.29 is 9.59 Å². The Morgan fingerprint density at radius 1 is 1.23 bits per heavy atom. The molecule has 1 heterocycles. The predicted octanol–water partition coefficient (Wildman–Crippen LogP) is 1.47. The summed E-state index contributed by atoms with van der Waals surface area (Å²) in [5.41, 5.74) is 1.41. The molecule has 22 heavy (non-hydrogen) atoms. The lowest BCUT2D eigenvalue weighted by Gasteiger charge is -2.13. The van der Waals surface area contributed by atoms with Gasteiger partial charge in [-0.05, 0) is 18.2 Å². The Bertz CT molecular complexity index is 637. The third-order valence-corrected chi connectivity index (χ3v) is 3.03. The van der Waals surface area contributed by atoms with E-state index < -0.39 is 0 Å². The van der Waals surface area contributed by atoms with Crippen LogP contribution in [0.5, 0.6) is 0 Å². The van der Waals surface area contributed by atoms with Gasteiger partial charge in [-0.2, -0.15) is 5.10 Å². The first-order valence-electron chi connectivity index (χ1n) is 6.92. The Morgan fingerprint density at radius 2 is 2.00 bits per heavy atom. The number of rotatable bonds is 5. The van der Waals surface area contributed by atoms with E-state index in [1.165, 1.54) is 4.90 Å². The molecule has 2 aromatic rings. The van der Waals surface area contributed by atoms with E-state index in [0.29, 0.717) is 5.69 Å². The standard InChI is InChI=1S/C15H19N5O2/c1-19(2)14(21)8-10-16-15(22)18-12-6-3-4-7-13(12)20-11-5-9-17-20/h3-7,9,11H,8,10H2,1-2H3,(H2,16,18,22). The zero-order valence-electron chi connectivity index (χ0n) is 12.6. The lowest BCUT2D eigenvalue weighted by Crippen LogP contribution is -2.33. The van der Waals surface area contributed by atoms with E-state index in [1.807, 2.05) is 24.3 Å². The number of urea groups is 1. The summed E-state index contributed by atoms with van der Waals surface area (Å²) in [5.74, 6) is -0.0303. The summed E-state index contributed by atoms with van der Waals surface area (Å²) in [6, 6.07) is 8.81. The van der Waals surface area contributed by atoms with E-state index in [9.17, 15) is 9.59 Å². The SMILES string of the molecule is CN(C)C(=O)CCNC(=O)Nc1ccccc1-n1cccn1. The van der Waals surface area contributed by atoms with Crippen LogP contribution in [0.3, 0.4) is 0 Å². The topological polar surface area (TPSA) is 79.3 Å². The highest BCUT2D eigenvalue weighted by Crippen LogP contribution is 2.18. The zero-order chi connectivity index (χ0) is 15.9. The molecule has 2 rings (SSSR count). The normalized spacial score (nSPS) is 10.1. The van der Waals surface area contributed by atoms with E-state index in [0.717, 1.165) is 5.69 Å². The van der Waals surface area contributed by atoms with Crippen molar-refractivity contribution in [1.82, 2.24) is 20.0 Å². The molecule has 1 aromatic carbocycles. The summed E-state index contributed by atoms with van der Waals surface area (Å²) in [4.78, 5) is 24.8. The lowest BCUT2D eigenvalue weighted by molar-refractivity contribution is -0.128. The van der Waals surface area contributed by atoms with Crippen LogP contribution < -0.4 is 10.6 Å². The molecular formula is C15H19N5O2. The monoisotopic (exact) mass is 301 g/mol. The van der Waals surface area contributed by atoms with Crippen molar-refractivity contribution in [3.8, 4) is 5.69 Å². The molecule has 1 aromatic heterocycles. The van der Waals surface area contributed by atoms with E-state index in [2.05, 4.69) is 15.7 Å². The Kier molecular flexibility index (Phi) is 5.13. The van der Waals surface area contributed by atoms with Crippen molar-refractivity contribution in [3.05, 3.63) is 42.7 Å². The third kappa shape index (κ3) is 4.08. The molecule has 0 aliphatic heterocycles. The van der Waals surface area contributed by atoms with Crippen molar-refractivity contribution in [3.63, 3.8) is 0 Å². The zero-order valence-corrected chi connectivity index (χ0v) is 12.6. The fraction of sp³-hybridized carbons (Fsp3) is 0.267. The van der Waals surface area contributed by atoms with Crippen LogP contribution in [0.2, 0.25) is 0 Å². The number of hydrogen-bond acceptors (Lipinski definition) is 3. The van der Waals surface area contributed by atoms with Crippen LogP contribution >= 0.6 is 0 Å². The maximum absolute atomic E-state index is 11.9. The van der Waals surface area contributed by atoms with Crippen LogP contribution in [0.15, 0.2) is 42.7 Å². The van der Waals surface area contributed by atoms with E-state index >= 15 is 0 Å². The van der Waals surface area contributed by atoms with Crippen LogP contribution in [0.25, 0.3) is 5.69 Å². The number of amides is 3. The van der Waals surface area contributed by atoms with E-state index in [-0.39, 0.29) is 24.9 Å². The van der Waals surface area contributed by atoms with Crippen molar-refractivity contribution in [2.24, 2.45) is 0 Å². The van der Waals surface area contributed by atoms with E-state index in [4.69, 9.17) is 0 Å². The smallest absolute Gasteiger partial charge is 0.319 e. The summed E-state index contributed by atoms with van der Waals surface area (Å²) in [7, 11) is 3.37. The molecule has 0 fully saturated rings. The second-order valence-corrected chi connectivity index (χ2v) is 4.89. The fourth-order valence-electron chi connectivity index (χ4n) is 1.86. The van der Waals surface area contributed by atoms with E-state index in [1.54, 1.807) is 37.2 Å². The maximum atomic E-state index is 11.9. The van der Waals surface area contributed by atoms with Crippen molar-refractivity contribution in [1.29, 1.82) is 0 Å². The summed E-state index contributed by atoms with van der Waals surface area (Å²) < 4.78 is 1.67. The number of nitrogens with zero attached hydrogens (tertiary/aromatic N) is 3. The van der Waals surface area contributed by atoms with Crippen LogP contribution in [0.1, 0.15) is 6.42 Å². The van der Waals surface area contributed by atoms with Gasteiger partial charge in [0.15, 0.2) is 0 Å². The van der Waals surface area contributed by atoms with Crippen molar-refractivity contribution in [2.45, 2.75) is 6.42 Å². The number of benzene rings is 1. The molecule has 7 heteroatoms. The van der Waals surface area contributed by atoms with Crippen LogP contribution in [-0.2, 0) is 4.79 Å². The van der Waals surface area contributed by atoms with Gasteiger partial charge in [-0.1, -0.05) is 12.1 Å². The lowest BCUT2D eigenvalue weighted by atomic mass is 10.2. The predicted molar refractivity (Wildman–Crippen MR) is 83.9 cm³/mol. The maximum Gasteiger partial charge on any atom is 0.319 e. The molecule has 0 unspecified atom stereocenters. The summed E-state index contributed by atoms with van der Waals surface area (Å²) >= 11 is 0. The number of nitrogens with one attached hydrogen (secondary N) is 2. The van der Waals surface area contributed by atoms with Crippen molar-refractivity contribution in [2.75, 3.05) is 26.0 Å². The Balaban J connectivity index is 1.94. The van der Waals surface area contributed by atoms with Gasteiger partial charge in [0.2, 0.25) is 5.91 Å². The first-order chi connectivity index (χ1) is 10.6. The van der Waals surface area contributed by atoms with Gasteiger partial charge >= 0.3 is 6.03 Å². The molecule has 116 valence electrons. The number of aromatic nitrogens is 2. The second-order valence-electron chi connectivity index (χ2n) is 4.89. The highest BCUT2D eigenvalue weighted by atomic mass is 16.2. The van der Waals surface area contributed by atoms with Gasteiger partial charge < -0.3 is 15.5 Å². The molecule has 0 aliphatic carbocycles. The highest BCUT2D eigenvalue weighted by molar-refractivity contribution is 5.91. The molecule has 0 aliphatic rings. The molecule has 0 bridgehead atoms. The summed E-state index contributed by atoms with van der Waals surface area (Å²) in [6.07, 6.45) is 3.74. The third-order valence-electron chi connectivity index (χ3n) is 3.03. The van der Waals surface area contributed by atoms with Gasteiger partial charge in [0.25, 0.3) is 0 Å². The number of para-hydroxylation sites is 2. The minimum Gasteiger partial charge on any atom is -0.349 e. The largest absolute Gasteiger partial charge is 0.349 e. The minimum atomic E-state index is -0.355.